The van der Waals surface area contributed by atoms with Crippen LogP contribution in [0.5, 0.6) is 0 Å². The number of esters is 1. The molecule has 1 saturated heterocycles. The van der Waals surface area contributed by atoms with Crippen molar-refractivity contribution >= 4 is 28.8 Å². The minimum atomic E-state index is -0.916. The van der Waals surface area contributed by atoms with Gasteiger partial charge in [-0.25, -0.2) is 4.79 Å². The number of unbranched alkanes of at least 4 members (excludes halogenated alkanes) is 1. The first-order chi connectivity index (χ1) is 14.7. The van der Waals surface area contributed by atoms with Crippen LogP contribution in [0, 0.1) is 26.1 Å². The van der Waals surface area contributed by atoms with Crippen molar-refractivity contribution in [3.05, 3.63) is 20.2 Å². The lowest BCUT2D eigenvalue weighted by molar-refractivity contribution is -0.757. The first-order valence-corrected chi connectivity index (χ1v) is 10.9. The third-order valence-corrected chi connectivity index (χ3v) is 5.62. The van der Waals surface area contributed by atoms with Crippen LogP contribution in [0.2, 0.25) is 0 Å². The van der Waals surface area contributed by atoms with Crippen LogP contribution in [0.25, 0.3) is 0 Å². The Bertz CT molecular complexity index is 648. The van der Waals surface area contributed by atoms with Gasteiger partial charge in [0.1, 0.15) is 6.04 Å². The molecular weight excluding hydrogens is 438 g/mol. The average molecular weight is 465 g/mol. The van der Waals surface area contributed by atoms with Crippen molar-refractivity contribution in [1.82, 2.24) is 4.90 Å². The molecule has 13 nitrogen and oxygen atoms in total. The van der Waals surface area contributed by atoms with Crippen LogP contribution in [0.3, 0.4) is 0 Å². The molecule has 2 atom stereocenters. The molecule has 0 saturated carbocycles. The van der Waals surface area contributed by atoms with Crippen LogP contribution in [0.1, 0.15) is 45.4 Å². The van der Waals surface area contributed by atoms with Crippen LogP contribution in [-0.2, 0) is 28.8 Å². The first-order valence-electron chi connectivity index (χ1n) is 9.89. The zero-order valence-electron chi connectivity index (χ0n) is 17.3. The number of likely N-dealkylation sites (tertiary alicyclic amines) is 1. The summed E-state index contributed by atoms with van der Waals surface area (Å²) in [6.45, 7) is 1.95. The SMILES string of the molecule is C[C@H](CSC(=O)CCCO[N+](=O)[O-])C(=O)N1CCC[C@H]1C(=O)OCCCCO[N+](=O)[O-]. The molecule has 0 radical (unpaired) electrons. The molecule has 0 N–H and O–H groups in total. The van der Waals surface area contributed by atoms with Gasteiger partial charge in [0.15, 0.2) is 5.12 Å². The van der Waals surface area contributed by atoms with E-state index in [2.05, 4.69) is 9.68 Å². The summed E-state index contributed by atoms with van der Waals surface area (Å²) in [5.74, 6) is -1.00. The quantitative estimate of drug-likeness (QED) is 0.148. The molecule has 1 aliphatic heterocycles. The van der Waals surface area contributed by atoms with Gasteiger partial charge in [0.2, 0.25) is 5.91 Å². The smallest absolute Gasteiger partial charge is 0.328 e. The molecule has 0 aliphatic carbocycles. The second-order valence-corrected chi connectivity index (χ2v) is 7.94. The lowest BCUT2D eigenvalue weighted by Gasteiger charge is -2.26. The molecule has 1 heterocycles. The zero-order valence-corrected chi connectivity index (χ0v) is 18.1. The third kappa shape index (κ3) is 10.8. The molecule has 14 heteroatoms. The Labute approximate surface area is 182 Å². The Morgan fingerprint density at radius 2 is 1.68 bits per heavy atom. The maximum absolute atomic E-state index is 12.7. The number of thioether (sulfide) groups is 1. The minimum Gasteiger partial charge on any atom is -0.464 e. The Morgan fingerprint density at radius 3 is 2.32 bits per heavy atom. The second-order valence-electron chi connectivity index (χ2n) is 6.87. The number of ether oxygens (including phenoxy) is 1. The summed E-state index contributed by atoms with van der Waals surface area (Å²) in [5.41, 5.74) is 0. The molecule has 0 aromatic carbocycles. The molecule has 1 rings (SSSR count). The van der Waals surface area contributed by atoms with Crippen LogP contribution in [0.4, 0.5) is 0 Å². The van der Waals surface area contributed by atoms with Gasteiger partial charge in [-0.3, -0.25) is 9.59 Å². The van der Waals surface area contributed by atoms with Gasteiger partial charge in [0, 0.05) is 24.6 Å². The number of nitrogens with zero attached hydrogens (tertiary/aromatic N) is 3. The van der Waals surface area contributed by atoms with Crippen LogP contribution in [0.15, 0.2) is 0 Å². The van der Waals surface area contributed by atoms with Gasteiger partial charge in [-0.05, 0) is 32.1 Å². The molecule has 0 aromatic rings. The zero-order chi connectivity index (χ0) is 23.2. The van der Waals surface area contributed by atoms with E-state index < -0.39 is 28.1 Å². The largest absolute Gasteiger partial charge is 0.464 e. The number of carbonyl (C=O) groups excluding carboxylic acids is 3. The van der Waals surface area contributed by atoms with Gasteiger partial charge in [0.05, 0.1) is 19.8 Å². The number of hydrogen-bond acceptors (Lipinski definition) is 11. The van der Waals surface area contributed by atoms with Gasteiger partial charge < -0.3 is 19.3 Å². The van der Waals surface area contributed by atoms with Crippen molar-refractivity contribution in [3.8, 4) is 0 Å². The van der Waals surface area contributed by atoms with Crippen LogP contribution < -0.4 is 0 Å². The normalized spacial score (nSPS) is 16.4. The van der Waals surface area contributed by atoms with E-state index >= 15 is 0 Å². The lowest BCUT2D eigenvalue weighted by Crippen LogP contribution is -2.44. The molecule has 1 aliphatic rings. The summed E-state index contributed by atoms with van der Waals surface area (Å²) in [5, 5.41) is 18.1. The Balaban J connectivity index is 2.33. The number of rotatable bonds is 15. The van der Waals surface area contributed by atoms with E-state index in [1.165, 1.54) is 4.90 Å². The summed E-state index contributed by atoms with van der Waals surface area (Å²) >= 11 is 0.976. The molecule has 0 spiro atoms. The predicted octanol–water partition coefficient (Wildman–Crippen LogP) is 1.39. The molecule has 31 heavy (non-hydrogen) atoms. The highest BCUT2D eigenvalue weighted by molar-refractivity contribution is 8.13. The van der Waals surface area contributed by atoms with E-state index in [-0.39, 0.29) is 49.4 Å². The Kier molecular flexibility index (Phi) is 12.2. The highest BCUT2D eigenvalue weighted by atomic mass is 32.2. The molecule has 0 unspecified atom stereocenters. The van der Waals surface area contributed by atoms with Crippen LogP contribution in [-0.4, -0.2) is 70.2 Å². The van der Waals surface area contributed by atoms with Gasteiger partial charge in [-0.15, -0.1) is 20.2 Å². The minimum absolute atomic E-state index is 0.0742. The fraction of sp³-hybridized carbons (Fsp3) is 0.824. The van der Waals surface area contributed by atoms with Crippen LogP contribution >= 0.6 is 11.8 Å². The molecule has 0 bridgehead atoms. The van der Waals surface area contributed by atoms with Crippen molar-refractivity contribution < 1.29 is 39.0 Å². The van der Waals surface area contributed by atoms with E-state index in [4.69, 9.17) is 4.74 Å². The lowest BCUT2D eigenvalue weighted by atomic mass is 10.1. The Morgan fingerprint density at radius 1 is 1.06 bits per heavy atom. The van der Waals surface area contributed by atoms with E-state index in [0.717, 1.165) is 11.8 Å². The van der Waals surface area contributed by atoms with Gasteiger partial charge in [0.25, 0.3) is 10.2 Å². The Hall–Kier alpha value is -2.64. The fourth-order valence-electron chi connectivity index (χ4n) is 2.89. The van der Waals surface area contributed by atoms with Crippen molar-refractivity contribution in [3.63, 3.8) is 0 Å². The van der Waals surface area contributed by atoms with E-state index in [0.29, 0.717) is 32.2 Å². The summed E-state index contributed by atoms with van der Waals surface area (Å²) in [6.07, 6.45) is 2.24. The van der Waals surface area contributed by atoms with Gasteiger partial charge in [-0.2, -0.15) is 0 Å². The highest BCUT2D eigenvalue weighted by Gasteiger charge is 2.36. The maximum atomic E-state index is 12.7. The highest BCUT2D eigenvalue weighted by Crippen LogP contribution is 2.23. The van der Waals surface area contributed by atoms with E-state index in [1.54, 1.807) is 6.92 Å². The van der Waals surface area contributed by atoms with Gasteiger partial charge in [-0.1, -0.05) is 18.7 Å². The van der Waals surface area contributed by atoms with Crippen molar-refractivity contribution in [2.45, 2.75) is 51.5 Å². The number of carbonyl (C=O) groups is 3. The monoisotopic (exact) mass is 465 g/mol. The number of amides is 1. The fourth-order valence-corrected chi connectivity index (χ4v) is 3.75. The topological polar surface area (TPSA) is 168 Å². The predicted molar refractivity (Wildman–Crippen MR) is 107 cm³/mol. The molecule has 1 amide bonds. The van der Waals surface area contributed by atoms with E-state index in [9.17, 15) is 34.6 Å². The van der Waals surface area contributed by atoms with Crippen molar-refractivity contribution in [1.29, 1.82) is 0 Å². The molecular formula is C17H27N3O10S. The third-order valence-electron chi connectivity index (χ3n) is 4.43. The van der Waals surface area contributed by atoms with Crippen molar-refractivity contribution in [2.24, 2.45) is 5.92 Å². The van der Waals surface area contributed by atoms with Gasteiger partial charge >= 0.3 is 5.97 Å². The summed E-state index contributed by atoms with van der Waals surface area (Å²) in [6, 6.07) is -0.676. The molecule has 1 fully saturated rings. The number of hydrogen-bond donors (Lipinski definition) is 0. The standard InChI is InChI=1S/C17H27N3O10S/c1-13(12-31-15(21)7-5-11-30-20(26)27)16(22)18-8-4-6-14(18)17(23)28-9-2-3-10-29-19(24)25/h13-14H,2-12H2,1H3/t13-,14+/m1/s1. The first kappa shape index (κ1) is 26.4. The van der Waals surface area contributed by atoms with E-state index in [1.807, 2.05) is 0 Å². The molecule has 0 aromatic heterocycles. The average Bonchev–Trinajstić information content (AvgIpc) is 3.20. The second kappa shape index (κ2) is 14.4. The van der Waals surface area contributed by atoms with Crippen molar-refractivity contribution in [2.75, 3.05) is 32.1 Å². The summed E-state index contributed by atoms with van der Waals surface area (Å²) in [4.78, 5) is 66.7. The summed E-state index contributed by atoms with van der Waals surface area (Å²) in [7, 11) is 0. The maximum Gasteiger partial charge on any atom is 0.328 e. The molecule has 176 valence electrons. The summed E-state index contributed by atoms with van der Waals surface area (Å²) < 4.78 is 5.19.